The summed E-state index contributed by atoms with van der Waals surface area (Å²) in [5, 5.41) is 6.47. The Labute approximate surface area is 201 Å². The van der Waals surface area contributed by atoms with Crippen molar-refractivity contribution in [2.24, 2.45) is 5.41 Å². The summed E-state index contributed by atoms with van der Waals surface area (Å²) in [5.74, 6) is 0. The third-order valence-corrected chi connectivity index (χ3v) is 6.23. The zero-order valence-electron chi connectivity index (χ0n) is 24.0. The molecule has 0 bridgehead atoms. The van der Waals surface area contributed by atoms with Crippen molar-refractivity contribution in [3.05, 3.63) is 96.1 Å². The Hall–Kier alpha value is -3.58. The van der Waals surface area contributed by atoms with E-state index in [1.807, 2.05) is 30.3 Å². The summed E-state index contributed by atoms with van der Waals surface area (Å²) in [5.41, 5.74) is 2.45. The fraction of sp³-hybridized carbons (Fsp3) is 0.188. The lowest BCUT2D eigenvalue weighted by Crippen LogP contribution is -2.10. The van der Waals surface area contributed by atoms with Gasteiger partial charge in [0.15, 0.2) is 0 Å². The van der Waals surface area contributed by atoms with Gasteiger partial charge in [-0.2, -0.15) is 0 Å². The molecule has 1 heterocycles. The van der Waals surface area contributed by atoms with Gasteiger partial charge in [0.25, 0.3) is 0 Å². The summed E-state index contributed by atoms with van der Waals surface area (Å²) in [7, 11) is 0. The number of hydrogen-bond acceptors (Lipinski definition) is 1. The van der Waals surface area contributed by atoms with Crippen LogP contribution in [0.5, 0.6) is 0 Å². The molecular weight excluding hydrogens is 400 g/mol. The molecule has 0 amide bonds. The third-order valence-electron chi connectivity index (χ3n) is 6.23. The van der Waals surface area contributed by atoms with Crippen molar-refractivity contribution in [2.45, 2.75) is 34.0 Å². The first-order valence-corrected chi connectivity index (χ1v) is 11.3. The summed E-state index contributed by atoms with van der Waals surface area (Å²) in [6, 6.07) is 27.7. The summed E-state index contributed by atoms with van der Waals surface area (Å²) < 4.78 is 48.6. The molecule has 0 N–H and O–H groups in total. The highest BCUT2D eigenvalue weighted by Crippen LogP contribution is 2.40. The molecule has 1 nitrogen and oxygen atoms in total. The molecule has 0 aliphatic rings. The van der Waals surface area contributed by atoms with Crippen LogP contribution in [0.4, 0.5) is 0 Å². The van der Waals surface area contributed by atoms with E-state index in [9.17, 15) is 0 Å². The van der Waals surface area contributed by atoms with Crippen molar-refractivity contribution >= 4 is 43.5 Å². The summed E-state index contributed by atoms with van der Waals surface area (Å²) >= 11 is 0. The molecule has 162 valence electrons. The van der Waals surface area contributed by atoms with Gasteiger partial charge in [-0.25, -0.2) is 0 Å². The Morgan fingerprint density at radius 1 is 0.727 bits per heavy atom. The first-order chi connectivity index (χ1) is 17.9. The van der Waals surface area contributed by atoms with Crippen molar-refractivity contribution in [3.8, 4) is 11.1 Å². The van der Waals surface area contributed by atoms with Gasteiger partial charge in [0.05, 0.1) is 0 Å². The summed E-state index contributed by atoms with van der Waals surface area (Å²) in [6.07, 6.45) is -1.87. The van der Waals surface area contributed by atoms with E-state index < -0.39 is 18.6 Å². The van der Waals surface area contributed by atoms with Crippen LogP contribution in [0.3, 0.4) is 0 Å². The predicted molar refractivity (Wildman–Crippen MR) is 142 cm³/mol. The first kappa shape index (κ1) is 15.3. The first-order valence-electron chi connectivity index (χ1n) is 13.8. The molecule has 0 radical (unpaired) electrons. The van der Waals surface area contributed by atoms with Crippen LogP contribution in [0, 0.1) is 12.3 Å². The average molecular weight is 434 g/mol. The Kier molecular flexibility index (Phi) is 3.34. The maximum Gasteiger partial charge on any atom is 0.143 e. The van der Waals surface area contributed by atoms with Crippen molar-refractivity contribution in [3.63, 3.8) is 0 Å². The smallest absolute Gasteiger partial charge is 0.143 e. The molecule has 1 aromatic heterocycles. The van der Waals surface area contributed by atoms with Crippen LogP contribution < -0.4 is 0 Å². The number of aryl methyl sites for hydroxylation is 1. The number of hydrogen-bond donors (Lipinski definition) is 0. The number of para-hydroxylation sites is 1. The fourth-order valence-electron chi connectivity index (χ4n) is 4.79. The molecular formula is C32H28O. The van der Waals surface area contributed by atoms with Gasteiger partial charge in [-0.05, 0) is 63.6 Å². The van der Waals surface area contributed by atoms with Crippen LogP contribution in [-0.4, -0.2) is 0 Å². The Bertz CT molecular complexity index is 1870. The van der Waals surface area contributed by atoms with Gasteiger partial charge in [0.2, 0.25) is 0 Å². The van der Waals surface area contributed by atoms with E-state index in [2.05, 4.69) is 36.4 Å². The number of benzene rings is 5. The predicted octanol–water partition coefficient (Wildman–Crippen LogP) is 9.46. The SMILES string of the molecule is [2H]C([2H])([2H])c1ccc(-c2cccc3c2oc2c3ccc3c4ccccc4ccc32)cc1C([2H])([2H])C(C)(C)C. The third kappa shape index (κ3) is 3.31. The lowest BCUT2D eigenvalue weighted by atomic mass is 9.85. The highest BCUT2D eigenvalue weighted by molar-refractivity contribution is 6.21. The highest BCUT2D eigenvalue weighted by Gasteiger charge is 2.17. The second kappa shape index (κ2) is 7.22. The van der Waals surface area contributed by atoms with Crippen LogP contribution in [0.15, 0.2) is 89.3 Å². The number of furan rings is 1. The minimum Gasteiger partial charge on any atom is -0.455 e. The van der Waals surface area contributed by atoms with Gasteiger partial charge in [0.1, 0.15) is 11.2 Å². The Morgan fingerprint density at radius 3 is 2.30 bits per heavy atom. The van der Waals surface area contributed by atoms with E-state index in [0.29, 0.717) is 5.58 Å². The van der Waals surface area contributed by atoms with Crippen LogP contribution in [0.2, 0.25) is 0 Å². The molecule has 0 spiro atoms. The van der Waals surface area contributed by atoms with Gasteiger partial charge in [0, 0.05) is 28.6 Å². The standard InChI is InChI=1S/C32H28O/c1-20-12-13-22(18-23(20)19-32(2,3)4)25-10-7-11-27-29-17-16-26-24-9-6-5-8-21(24)14-15-28(26)31(29)33-30(25)27/h5-18H,19H2,1-4H3/i1D3,19D2. The number of fused-ring (bicyclic) bond motifs is 7. The minimum atomic E-state index is -2.43. The maximum atomic E-state index is 8.90. The van der Waals surface area contributed by atoms with Crippen molar-refractivity contribution in [1.29, 1.82) is 0 Å². The van der Waals surface area contributed by atoms with Gasteiger partial charge in [-0.1, -0.05) is 93.6 Å². The number of rotatable bonds is 2. The molecule has 5 aromatic carbocycles. The lowest BCUT2D eigenvalue weighted by molar-refractivity contribution is 0.410. The fourth-order valence-corrected chi connectivity index (χ4v) is 4.79. The average Bonchev–Trinajstić information content (AvgIpc) is 3.26. The molecule has 0 aliphatic heterocycles. The second-order valence-corrected chi connectivity index (χ2v) is 9.74. The van der Waals surface area contributed by atoms with E-state index in [1.54, 1.807) is 39.0 Å². The molecule has 6 aromatic rings. The molecule has 1 heteroatoms. The topological polar surface area (TPSA) is 13.1 Å². The van der Waals surface area contributed by atoms with Crippen LogP contribution in [0.1, 0.15) is 38.8 Å². The molecule has 0 saturated carbocycles. The van der Waals surface area contributed by atoms with E-state index in [0.717, 1.165) is 38.3 Å². The molecule has 0 fully saturated rings. The van der Waals surface area contributed by atoms with Gasteiger partial charge in [-0.15, -0.1) is 0 Å². The monoisotopic (exact) mass is 433 g/mol. The van der Waals surface area contributed by atoms with Crippen LogP contribution in [-0.2, 0) is 6.37 Å². The van der Waals surface area contributed by atoms with Crippen LogP contribution in [0.25, 0.3) is 54.6 Å². The van der Waals surface area contributed by atoms with E-state index in [1.165, 1.54) is 10.8 Å². The van der Waals surface area contributed by atoms with Crippen molar-refractivity contribution in [2.75, 3.05) is 0 Å². The van der Waals surface area contributed by atoms with Gasteiger partial charge in [-0.3, -0.25) is 0 Å². The minimum absolute atomic E-state index is 0.0378. The molecule has 0 atom stereocenters. The van der Waals surface area contributed by atoms with E-state index >= 15 is 0 Å². The van der Waals surface area contributed by atoms with Gasteiger partial charge >= 0.3 is 0 Å². The Morgan fingerprint density at radius 2 is 1.45 bits per heavy atom. The molecule has 6 rings (SSSR count). The van der Waals surface area contributed by atoms with Crippen molar-refractivity contribution in [1.82, 2.24) is 0 Å². The largest absolute Gasteiger partial charge is 0.455 e. The normalized spacial score (nSPS) is 15.4. The summed E-state index contributed by atoms with van der Waals surface area (Å²) in [4.78, 5) is 0. The Balaban J connectivity index is 1.63. The molecule has 0 saturated heterocycles. The maximum absolute atomic E-state index is 8.90. The zero-order valence-corrected chi connectivity index (χ0v) is 19.0. The quantitative estimate of drug-likeness (QED) is 0.248. The van der Waals surface area contributed by atoms with Gasteiger partial charge < -0.3 is 4.42 Å². The van der Waals surface area contributed by atoms with Crippen molar-refractivity contribution < 1.29 is 11.3 Å². The van der Waals surface area contributed by atoms with Crippen LogP contribution >= 0.6 is 0 Å². The summed E-state index contributed by atoms with van der Waals surface area (Å²) in [6.45, 7) is 2.94. The molecule has 0 aliphatic carbocycles. The molecule has 0 unspecified atom stereocenters. The lowest BCUT2D eigenvalue weighted by Gasteiger charge is -2.20. The highest BCUT2D eigenvalue weighted by atomic mass is 16.3. The van der Waals surface area contributed by atoms with E-state index in [4.69, 9.17) is 11.3 Å². The second-order valence-electron chi connectivity index (χ2n) is 9.74. The zero-order chi connectivity index (χ0) is 27.0. The van der Waals surface area contributed by atoms with E-state index in [-0.39, 0.29) is 11.1 Å². The molecule has 33 heavy (non-hydrogen) atoms.